The molecule has 0 aromatic rings. The molecule has 1 heterocycles. The SMILES string of the molecule is COC(=O)CC(O)C1(C)SCCS1. The van der Waals surface area contributed by atoms with E-state index < -0.39 is 6.10 Å². The number of thioether (sulfide) groups is 2. The molecule has 0 bridgehead atoms. The van der Waals surface area contributed by atoms with Crippen molar-refractivity contribution in [3.63, 3.8) is 0 Å². The maximum atomic E-state index is 10.9. The number of carbonyl (C=O) groups excluding carboxylic acids is 1. The number of methoxy groups -OCH3 is 1. The normalized spacial score (nSPS) is 22.7. The van der Waals surface area contributed by atoms with Crippen LogP contribution in [-0.4, -0.2) is 39.9 Å². The average molecular weight is 222 g/mol. The third kappa shape index (κ3) is 2.79. The van der Waals surface area contributed by atoms with Crippen LogP contribution in [0.3, 0.4) is 0 Å². The van der Waals surface area contributed by atoms with Crippen LogP contribution in [0.4, 0.5) is 0 Å². The monoisotopic (exact) mass is 222 g/mol. The second-order valence-corrected chi connectivity index (χ2v) is 6.36. The van der Waals surface area contributed by atoms with Gasteiger partial charge in [-0.15, -0.1) is 23.5 Å². The highest BCUT2D eigenvalue weighted by molar-refractivity contribution is 8.21. The zero-order chi connectivity index (χ0) is 9.90. The number of hydrogen-bond donors (Lipinski definition) is 1. The van der Waals surface area contributed by atoms with Crippen LogP contribution in [-0.2, 0) is 9.53 Å². The zero-order valence-electron chi connectivity index (χ0n) is 7.78. The molecule has 0 saturated carbocycles. The van der Waals surface area contributed by atoms with E-state index in [1.54, 1.807) is 23.5 Å². The minimum absolute atomic E-state index is 0.0903. The number of aliphatic hydroxyl groups excluding tert-OH is 1. The van der Waals surface area contributed by atoms with Crippen molar-refractivity contribution in [2.24, 2.45) is 0 Å². The standard InChI is InChI=1S/C8H14O3S2/c1-8(12-3-4-13-8)6(9)5-7(10)11-2/h6,9H,3-5H2,1-2H3. The summed E-state index contributed by atoms with van der Waals surface area (Å²) in [5, 5.41) is 9.77. The highest BCUT2D eigenvalue weighted by atomic mass is 32.2. The smallest absolute Gasteiger partial charge is 0.308 e. The minimum atomic E-state index is -0.613. The van der Waals surface area contributed by atoms with Crippen LogP contribution in [0, 0.1) is 0 Å². The molecular weight excluding hydrogens is 208 g/mol. The van der Waals surface area contributed by atoms with Crippen molar-refractivity contribution in [2.75, 3.05) is 18.6 Å². The molecule has 1 unspecified atom stereocenters. The van der Waals surface area contributed by atoms with Crippen LogP contribution in [0.1, 0.15) is 13.3 Å². The van der Waals surface area contributed by atoms with E-state index in [1.807, 2.05) is 6.92 Å². The van der Waals surface area contributed by atoms with E-state index in [0.717, 1.165) is 11.5 Å². The van der Waals surface area contributed by atoms with Gasteiger partial charge in [-0.1, -0.05) is 0 Å². The Balaban J connectivity index is 2.46. The van der Waals surface area contributed by atoms with Crippen molar-refractivity contribution in [3.05, 3.63) is 0 Å². The Morgan fingerprint density at radius 1 is 1.62 bits per heavy atom. The van der Waals surface area contributed by atoms with Crippen LogP contribution < -0.4 is 0 Å². The first kappa shape index (κ1) is 11.2. The molecule has 1 fully saturated rings. The van der Waals surface area contributed by atoms with E-state index >= 15 is 0 Å². The topological polar surface area (TPSA) is 46.5 Å². The number of rotatable bonds is 3. The molecule has 76 valence electrons. The summed E-state index contributed by atoms with van der Waals surface area (Å²) in [4.78, 5) is 10.9. The molecule has 0 aromatic heterocycles. The van der Waals surface area contributed by atoms with Gasteiger partial charge in [0.05, 0.1) is 23.7 Å². The van der Waals surface area contributed by atoms with E-state index in [4.69, 9.17) is 0 Å². The Morgan fingerprint density at radius 3 is 2.62 bits per heavy atom. The summed E-state index contributed by atoms with van der Waals surface area (Å²) in [6.07, 6.45) is -0.523. The fourth-order valence-corrected chi connectivity index (χ4v) is 4.01. The summed E-state index contributed by atoms with van der Waals surface area (Å²) in [5.41, 5.74) is 0. The second-order valence-electron chi connectivity index (χ2n) is 3.01. The number of ether oxygens (including phenoxy) is 1. The van der Waals surface area contributed by atoms with E-state index in [9.17, 15) is 9.90 Å². The fraction of sp³-hybridized carbons (Fsp3) is 0.875. The lowest BCUT2D eigenvalue weighted by atomic mass is 10.2. The lowest BCUT2D eigenvalue weighted by molar-refractivity contribution is -0.142. The third-order valence-electron chi connectivity index (χ3n) is 2.05. The predicted molar refractivity (Wildman–Crippen MR) is 56.0 cm³/mol. The van der Waals surface area contributed by atoms with Crippen LogP contribution in [0.25, 0.3) is 0 Å². The average Bonchev–Trinajstić information content (AvgIpc) is 2.53. The maximum absolute atomic E-state index is 10.9. The molecule has 1 aliphatic rings. The van der Waals surface area contributed by atoms with Gasteiger partial charge in [-0.3, -0.25) is 4.79 Å². The molecule has 0 aliphatic carbocycles. The molecule has 1 N–H and O–H groups in total. The van der Waals surface area contributed by atoms with Crippen molar-refractivity contribution in [1.82, 2.24) is 0 Å². The van der Waals surface area contributed by atoms with Crippen LogP contribution in [0.15, 0.2) is 0 Å². The van der Waals surface area contributed by atoms with Gasteiger partial charge in [0.15, 0.2) is 0 Å². The minimum Gasteiger partial charge on any atom is -0.469 e. The van der Waals surface area contributed by atoms with E-state index in [1.165, 1.54) is 7.11 Å². The molecule has 1 rings (SSSR count). The second kappa shape index (κ2) is 4.57. The molecule has 0 spiro atoms. The quantitative estimate of drug-likeness (QED) is 0.725. The Morgan fingerprint density at radius 2 is 2.15 bits per heavy atom. The van der Waals surface area contributed by atoms with Crippen LogP contribution in [0.5, 0.6) is 0 Å². The Kier molecular flexibility index (Phi) is 3.94. The molecule has 1 saturated heterocycles. The summed E-state index contributed by atoms with van der Waals surface area (Å²) in [6, 6.07) is 0. The molecule has 1 atom stereocenters. The fourth-order valence-electron chi connectivity index (χ4n) is 1.15. The van der Waals surface area contributed by atoms with Crippen LogP contribution in [0.2, 0.25) is 0 Å². The predicted octanol–water partition coefficient (Wildman–Crippen LogP) is 1.11. The van der Waals surface area contributed by atoms with Crippen molar-refractivity contribution in [2.45, 2.75) is 23.5 Å². The summed E-state index contributed by atoms with van der Waals surface area (Å²) in [6.45, 7) is 1.98. The molecule has 0 amide bonds. The summed E-state index contributed by atoms with van der Waals surface area (Å²) < 4.78 is 4.28. The highest BCUT2D eigenvalue weighted by Crippen LogP contribution is 2.46. The van der Waals surface area contributed by atoms with Gasteiger partial charge in [0.2, 0.25) is 0 Å². The van der Waals surface area contributed by atoms with Crippen molar-refractivity contribution >= 4 is 29.5 Å². The van der Waals surface area contributed by atoms with Crippen molar-refractivity contribution < 1.29 is 14.6 Å². The molecule has 1 aliphatic heterocycles. The van der Waals surface area contributed by atoms with Gasteiger partial charge in [-0.2, -0.15) is 0 Å². The van der Waals surface area contributed by atoms with E-state index in [2.05, 4.69) is 4.74 Å². The number of carbonyl (C=O) groups is 1. The van der Waals surface area contributed by atoms with Gasteiger partial charge in [0.25, 0.3) is 0 Å². The molecule has 13 heavy (non-hydrogen) atoms. The van der Waals surface area contributed by atoms with Gasteiger partial charge in [0.1, 0.15) is 0 Å². The number of esters is 1. The highest BCUT2D eigenvalue weighted by Gasteiger charge is 2.38. The van der Waals surface area contributed by atoms with Gasteiger partial charge in [-0.05, 0) is 6.92 Å². The number of aliphatic hydroxyl groups is 1. The van der Waals surface area contributed by atoms with Gasteiger partial charge in [0, 0.05) is 11.5 Å². The molecule has 3 nitrogen and oxygen atoms in total. The van der Waals surface area contributed by atoms with E-state index in [-0.39, 0.29) is 16.5 Å². The van der Waals surface area contributed by atoms with Crippen molar-refractivity contribution in [3.8, 4) is 0 Å². The van der Waals surface area contributed by atoms with Gasteiger partial charge >= 0.3 is 5.97 Å². The summed E-state index contributed by atoms with van der Waals surface area (Å²) in [7, 11) is 1.34. The zero-order valence-corrected chi connectivity index (χ0v) is 9.41. The van der Waals surface area contributed by atoms with Gasteiger partial charge in [-0.25, -0.2) is 0 Å². The molecular formula is C8H14O3S2. The first-order valence-electron chi connectivity index (χ1n) is 4.11. The Hall–Kier alpha value is 0.130. The Bertz CT molecular complexity index is 190. The maximum Gasteiger partial charge on any atom is 0.308 e. The lowest BCUT2D eigenvalue weighted by Crippen LogP contribution is -2.33. The van der Waals surface area contributed by atoms with Gasteiger partial charge < -0.3 is 9.84 Å². The summed E-state index contributed by atoms with van der Waals surface area (Å²) in [5.74, 6) is 1.74. The van der Waals surface area contributed by atoms with Crippen molar-refractivity contribution in [1.29, 1.82) is 0 Å². The Labute approximate surface area is 86.6 Å². The molecule has 5 heteroatoms. The third-order valence-corrected chi connectivity index (χ3v) is 5.53. The number of hydrogen-bond acceptors (Lipinski definition) is 5. The van der Waals surface area contributed by atoms with Crippen LogP contribution >= 0.6 is 23.5 Å². The molecule has 0 radical (unpaired) electrons. The first-order chi connectivity index (χ1) is 6.08. The lowest BCUT2D eigenvalue weighted by Gasteiger charge is -2.27. The first-order valence-corrected chi connectivity index (χ1v) is 6.08. The summed E-state index contributed by atoms with van der Waals surface area (Å²) >= 11 is 3.42. The largest absolute Gasteiger partial charge is 0.469 e. The van der Waals surface area contributed by atoms with E-state index in [0.29, 0.717) is 0 Å². The molecule has 0 aromatic carbocycles.